The first-order valence-electron chi connectivity index (χ1n) is 4.97. The lowest BCUT2D eigenvalue weighted by Crippen LogP contribution is -2.39. The third kappa shape index (κ3) is 2.06. The van der Waals surface area contributed by atoms with Gasteiger partial charge in [0.15, 0.2) is 6.10 Å². The molecule has 0 bridgehead atoms. The summed E-state index contributed by atoms with van der Waals surface area (Å²) in [5, 5.41) is 9.05. The highest BCUT2D eigenvalue weighted by molar-refractivity contribution is 5.83. The molecule has 0 aromatic heterocycles. The van der Waals surface area contributed by atoms with Crippen molar-refractivity contribution in [2.45, 2.75) is 18.4 Å². The van der Waals surface area contributed by atoms with Crippen molar-refractivity contribution < 1.29 is 23.8 Å². The van der Waals surface area contributed by atoms with Crippen molar-refractivity contribution in [1.82, 2.24) is 0 Å². The number of carboxylic acids is 1. The molecule has 0 spiro atoms. The van der Waals surface area contributed by atoms with Crippen LogP contribution in [0.3, 0.4) is 0 Å². The molecule has 2 atom stereocenters. The van der Waals surface area contributed by atoms with Gasteiger partial charge < -0.3 is 15.6 Å². The number of benzene rings is 1. The van der Waals surface area contributed by atoms with E-state index in [1.165, 1.54) is 6.07 Å². The molecular weight excluding hydrogens is 229 g/mol. The zero-order valence-electron chi connectivity index (χ0n) is 8.72. The number of halogens is 1. The standard InChI is InChI=1S/C11H10FNO4/c12-5-1-2-8-6(3-5)7(11(15)16)4-9(17-8)10(13)14/h1-3,7,9H,4H2,(H2,13,14)(H,15,16)/t7?,9-/m0/s1. The van der Waals surface area contributed by atoms with E-state index in [-0.39, 0.29) is 17.7 Å². The molecule has 2 rings (SSSR count). The second-order valence-electron chi connectivity index (χ2n) is 3.82. The number of nitrogens with two attached hydrogens (primary N) is 1. The van der Waals surface area contributed by atoms with Gasteiger partial charge in [0, 0.05) is 12.0 Å². The summed E-state index contributed by atoms with van der Waals surface area (Å²) < 4.78 is 18.3. The van der Waals surface area contributed by atoms with Crippen LogP contribution in [0.15, 0.2) is 18.2 Å². The number of aliphatic carboxylic acids is 1. The van der Waals surface area contributed by atoms with Crippen LogP contribution in [0.25, 0.3) is 0 Å². The van der Waals surface area contributed by atoms with E-state index in [2.05, 4.69) is 0 Å². The Morgan fingerprint density at radius 2 is 2.18 bits per heavy atom. The molecule has 1 aromatic carbocycles. The molecule has 1 aliphatic heterocycles. The van der Waals surface area contributed by atoms with Gasteiger partial charge in [-0.15, -0.1) is 0 Å². The van der Waals surface area contributed by atoms with Gasteiger partial charge in [-0.3, -0.25) is 9.59 Å². The van der Waals surface area contributed by atoms with E-state index in [4.69, 9.17) is 15.6 Å². The van der Waals surface area contributed by atoms with Crippen LogP contribution in [0, 0.1) is 5.82 Å². The molecule has 0 aliphatic carbocycles. The third-order valence-corrected chi connectivity index (χ3v) is 2.68. The normalized spacial score (nSPS) is 22.4. The summed E-state index contributed by atoms with van der Waals surface area (Å²) in [6.45, 7) is 0. The van der Waals surface area contributed by atoms with Crippen molar-refractivity contribution in [2.24, 2.45) is 5.73 Å². The van der Waals surface area contributed by atoms with Gasteiger partial charge in [-0.1, -0.05) is 0 Å². The summed E-state index contributed by atoms with van der Waals surface area (Å²) in [6, 6.07) is 3.54. The maximum Gasteiger partial charge on any atom is 0.311 e. The number of carbonyl (C=O) groups excluding carboxylic acids is 1. The average molecular weight is 239 g/mol. The minimum atomic E-state index is -1.13. The predicted molar refractivity (Wildman–Crippen MR) is 55.0 cm³/mol. The highest BCUT2D eigenvalue weighted by atomic mass is 19.1. The number of amides is 1. The lowest BCUT2D eigenvalue weighted by Gasteiger charge is -2.28. The summed E-state index contributed by atoms with van der Waals surface area (Å²) in [4.78, 5) is 22.1. The van der Waals surface area contributed by atoms with E-state index in [0.717, 1.165) is 12.1 Å². The quantitative estimate of drug-likeness (QED) is 0.792. The molecule has 1 aromatic rings. The van der Waals surface area contributed by atoms with Crippen LogP contribution < -0.4 is 10.5 Å². The van der Waals surface area contributed by atoms with Crippen molar-refractivity contribution in [3.8, 4) is 5.75 Å². The second-order valence-corrected chi connectivity index (χ2v) is 3.82. The fraction of sp³-hybridized carbons (Fsp3) is 0.273. The zero-order chi connectivity index (χ0) is 12.6. The van der Waals surface area contributed by atoms with Crippen LogP contribution >= 0.6 is 0 Å². The Hall–Kier alpha value is -2.11. The largest absolute Gasteiger partial charge is 0.481 e. The van der Waals surface area contributed by atoms with Gasteiger partial charge in [0.05, 0.1) is 5.92 Å². The number of carboxylic acid groups (broad SMARTS) is 1. The Morgan fingerprint density at radius 1 is 1.47 bits per heavy atom. The number of carbonyl (C=O) groups is 2. The first kappa shape index (κ1) is 11.4. The molecular formula is C11H10FNO4. The van der Waals surface area contributed by atoms with Crippen molar-refractivity contribution in [2.75, 3.05) is 0 Å². The molecule has 0 radical (unpaired) electrons. The number of hydrogen-bond donors (Lipinski definition) is 2. The van der Waals surface area contributed by atoms with Crippen molar-refractivity contribution in [3.05, 3.63) is 29.6 Å². The van der Waals surface area contributed by atoms with Crippen LogP contribution in [0.2, 0.25) is 0 Å². The summed E-state index contributed by atoms with van der Waals surface area (Å²) in [7, 11) is 0. The molecule has 1 amide bonds. The molecule has 6 heteroatoms. The number of primary amides is 1. The molecule has 3 N–H and O–H groups in total. The smallest absolute Gasteiger partial charge is 0.311 e. The molecule has 0 saturated heterocycles. The second kappa shape index (κ2) is 4.04. The minimum Gasteiger partial charge on any atom is -0.481 e. The number of rotatable bonds is 2. The Balaban J connectivity index is 2.45. The first-order valence-corrected chi connectivity index (χ1v) is 4.97. The maximum atomic E-state index is 13.0. The third-order valence-electron chi connectivity index (χ3n) is 2.68. The van der Waals surface area contributed by atoms with Crippen LogP contribution in [-0.4, -0.2) is 23.1 Å². The molecule has 17 heavy (non-hydrogen) atoms. The van der Waals surface area contributed by atoms with Crippen molar-refractivity contribution in [1.29, 1.82) is 0 Å². The Kier molecular flexibility index (Phi) is 2.71. The molecule has 1 unspecified atom stereocenters. The molecule has 0 saturated carbocycles. The van der Waals surface area contributed by atoms with Crippen LogP contribution in [0.5, 0.6) is 5.75 Å². The minimum absolute atomic E-state index is 0.0822. The fourth-order valence-corrected chi connectivity index (χ4v) is 1.85. The molecule has 90 valence electrons. The average Bonchev–Trinajstić information content (AvgIpc) is 2.27. The summed E-state index contributed by atoms with van der Waals surface area (Å²) in [5.74, 6) is -3.20. The van der Waals surface area contributed by atoms with Crippen molar-refractivity contribution >= 4 is 11.9 Å². The van der Waals surface area contributed by atoms with E-state index in [1.807, 2.05) is 0 Å². The lowest BCUT2D eigenvalue weighted by molar-refractivity contribution is -0.140. The molecule has 1 aliphatic rings. The van der Waals surface area contributed by atoms with E-state index < -0.39 is 29.7 Å². The van der Waals surface area contributed by atoms with Crippen molar-refractivity contribution in [3.63, 3.8) is 0 Å². The van der Waals surface area contributed by atoms with Gasteiger partial charge in [0.2, 0.25) is 0 Å². The van der Waals surface area contributed by atoms with E-state index in [1.54, 1.807) is 0 Å². The van der Waals surface area contributed by atoms with Gasteiger partial charge in [-0.05, 0) is 18.2 Å². The zero-order valence-corrected chi connectivity index (χ0v) is 8.72. The SMILES string of the molecule is NC(=O)[C@@H]1CC(C(=O)O)c2cc(F)ccc2O1. The highest BCUT2D eigenvalue weighted by Gasteiger charge is 2.35. The van der Waals surface area contributed by atoms with Gasteiger partial charge in [0.1, 0.15) is 11.6 Å². The Labute approximate surface area is 96.0 Å². The van der Waals surface area contributed by atoms with Crippen LogP contribution in [0.4, 0.5) is 4.39 Å². The van der Waals surface area contributed by atoms with Crippen LogP contribution in [-0.2, 0) is 9.59 Å². The fourth-order valence-electron chi connectivity index (χ4n) is 1.85. The summed E-state index contributed by atoms with van der Waals surface area (Å²) in [5.41, 5.74) is 5.32. The molecule has 0 fully saturated rings. The number of ether oxygens (including phenoxy) is 1. The monoisotopic (exact) mass is 239 g/mol. The highest BCUT2D eigenvalue weighted by Crippen LogP contribution is 2.36. The molecule has 1 heterocycles. The summed E-state index contributed by atoms with van der Waals surface area (Å²) >= 11 is 0. The van der Waals surface area contributed by atoms with Gasteiger partial charge in [0.25, 0.3) is 5.91 Å². The van der Waals surface area contributed by atoms with E-state index in [0.29, 0.717) is 0 Å². The summed E-state index contributed by atoms with van der Waals surface area (Å²) in [6.07, 6.45) is -1.07. The van der Waals surface area contributed by atoms with E-state index >= 15 is 0 Å². The van der Waals surface area contributed by atoms with Crippen LogP contribution in [0.1, 0.15) is 17.9 Å². The number of hydrogen-bond acceptors (Lipinski definition) is 3. The Bertz CT molecular complexity index is 488. The molecule has 5 nitrogen and oxygen atoms in total. The van der Waals surface area contributed by atoms with Gasteiger partial charge >= 0.3 is 5.97 Å². The first-order chi connectivity index (χ1) is 7.99. The van der Waals surface area contributed by atoms with E-state index in [9.17, 15) is 14.0 Å². The lowest BCUT2D eigenvalue weighted by atomic mass is 9.89. The maximum absolute atomic E-state index is 13.0. The predicted octanol–water partition coefficient (Wildman–Crippen LogP) is 0.630. The number of fused-ring (bicyclic) bond motifs is 1. The topological polar surface area (TPSA) is 89.6 Å². The van der Waals surface area contributed by atoms with Gasteiger partial charge in [-0.25, -0.2) is 4.39 Å². The Morgan fingerprint density at radius 3 is 2.76 bits per heavy atom. The van der Waals surface area contributed by atoms with Gasteiger partial charge in [-0.2, -0.15) is 0 Å².